The van der Waals surface area contributed by atoms with Crippen molar-refractivity contribution >= 4 is 29.3 Å². The lowest BCUT2D eigenvalue weighted by Crippen LogP contribution is -2.42. The molecule has 3 atom stereocenters. The van der Waals surface area contributed by atoms with Crippen molar-refractivity contribution in [1.82, 2.24) is 9.97 Å². The smallest absolute Gasteiger partial charge is 0.258 e. The molecular weight excluding hydrogens is 426 g/mol. The van der Waals surface area contributed by atoms with Crippen molar-refractivity contribution < 1.29 is 19.1 Å². The summed E-state index contributed by atoms with van der Waals surface area (Å²) in [6.45, 7) is 5.85. The molecule has 2 aromatic rings. The molecule has 1 aromatic heterocycles. The number of nitrogens with one attached hydrogen (secondary N) is 3. The number of hydrogen-bond donors (Lipinski definition) is 3. The van der Waals surface area contributed by atoms with Crippen molar-refractivity contribution in [2.24, 2.45) is 11.8 Å². The van der Waals surface area contributed by atoms with Crippen molar-refractivity contribution in [1.29, 1.82) is 0 Å². The number of fused-ring (bicyclic) bond motifs is 1. The molecule has 0 aliphatic carbocycles. The van der Waals surface area contributed by atoms with Gasteiger partial charge < -0.3 is 25.0 Å². The zero-order valence-corrected chi connectivity index (χ0v) is 19.2. The summed E-state index contributed by atoms with van der Waals surface area (Å²) < 4.78 is 10.5. The Hall–Kier alpha value is -3.56. The minimum atomic E-state index is -0.981. The van der Waals surface area contributed by atoms with E-state index in [1.807, 2.05) is 4.90 Å². The van der Waals surface area contributed by atoms with Gasteiger partial charge in [-0.15, -0.1) is 0 Å². The van der Waals surface area contributed by atoms with Crippen molar-refractivity contribution in [3.05, 3.63) is 34.1 Å². The number of hydrogen-bond acceptors (Lipinski definition) is 7. The number of carbonyl (C=O) groups is 2. The third kappa shape index (κ3) is 4.64. The normalized spacial score (nSPS) is 22.2. The van der Waals surface area contributed by atoms with Crippen LogP contribution in [0.1, 0.15) is 38.2 Å². The van der Waals surface area contributed by atoms with Gasteiger partial charge in [0.25, 0.3) is 5.56 Å². The van der Waals surface area contributed by atoms with Gasteiger partial charge in [-0.1, -0.05) is 13.8 Å². The molecule has 33 heavy (non-hydrogen) atoms. The Morgan fingerprint density at radius 1 is 1.15 bits per heavy atom. The van der Waals surface area contributed by atoms with E-state index >= 15 is 0 Å². The van der Waals surface area contributed by atoms with Crippen LogP contribution in [0.25, 0.3) is 0 Å². The van der Waals surface area contributed by atoms with Gasteiger partial charge in [0.05, 0.1) is 31.4 Å². The number of aromatic nitrogens is 2. The minimum Gasteiger partial charge on any atom is -0.497 e. The molecule has 4 rings (SSSR count). The van der Waals surface area contributed by atoms with Crippen LogP contribution in [0.2, 0.25) is 0 Å². The van der Waals surface area contributed by atoms with Crippen LogP contribution >= 0.6 is 0 Å². The van der Waals surface area contributed by atoms with Gasteiger partial charge in [-0.05, 0) is 30.4 Å². The third-order valence-electron chi connectivity index (χ3n) is 6.09. The van der Waals surface area contributed by atoms with Crippen LogP contribution < -0.4 is 30.6 Å². The Morgan fingerprint density at radius 3 is 2.55 bits per heavy atom. The van der Waals surface area contributed by atoms with E-state index < -0.39 is 17.4 Å². The summed E-state index contributed by atoms with van der Waals surface area (Å²) in [6, 6.07) is 4.96. The molecule has 1 aromatic carbocycles. The molecule has 2 amide bonds. The summed E-state index contributed by atoms with van der Waals surface area (Å²) in [5.41, 5.74) is 0.136. The molecule has 2 aliphatic heterocycles. The molecule has 3 heterocycles. The summed E-state index contributed by atoms with van der Waals surface area (Å²) in [7, 11) is 3.01. The summed E-state index contributed by atoms with van der Waals surface area (Å²) in [5.74, 6) is 0.604. The summed E-state index contributed by atoms with van der Waals surface area (Å²) >= 11 is 0. The highest BCUT2D eigenvalue weighted by molar-refractivity contribution is 6.05. The van der Waals surface area contributed by atoms with Crippen molar-refractivity contribution in [2.45, 2.75) is 32.6 Å². The first-order valence-corrected chi connectivity index (χ1v) is 11.0. The quantitative estimate of drug-likeness (QED) is 0.632. The Bertz CT molecular complexity index is 1120. The fourth-order valence-electron chi connectivity index (χ4n) is 4.69. The molecule has 10 heteroatoms. The number of H-pyrrole nitrogens is 1. The summed E-state index contributed by atoms with van der Waals surface area (Å²) in [6.07, 6.45) is 0.957. The fourth-order valence-corrected chi connectivity index (χ4v) is 4.69. The zero-order chi connectivity index (χ0) is 23.7. The Balaban J connectivity index is 1.64. The number of carbonyl (C=O) groups excluding carboxylic acids is 2. The highest BCUT2D eigenvalue weighted by atomic mass is 16.5. The lowest BCUT2D eigenvalue weighted by molar-refractivity contribution is -0.123. The monoisotopic (exact) mass is 455 g/mol. The second-order valence-corrected chi connectivity index (χ2v) is 8.86. The number of anilines is 3. The Kier molecular flexibility index (Phi) is 6.26. The SMILES string of the molecule is COc1ccc(NC(=O)C2CC(=O)Nc3nc(N4CC(C)CC(C)C4)[nH]c(=O)c32)c(OC)c1. The van der Waals surface area contributed by atoms with E-state index in [0.29, 0.717) is 35.0 Å². The van der Waals surface area contributed by atoms with Gasteiger partial charge in [0.2, 0.25) is 17.8 Å². The highest BCUT2D eigenvalue weighted by Crippen LogP contribution is 2.34. The van der Waals surface area contributed by atoms with Crippen molar-refractivity contribution in [2.75, 3.05) is 42.8 Å². The number of amides is 2. The lowest BCUT2D eigenvalue weighted by Gasteiger charge is -2.35. The number of piperidine rings is 1. The number of benzene rings is 1. The topological polar surface area (TPSA) is 126 Å². The molecule has 0 spiro atoms. The molecule has 3 unspecified atom stereocenters. The molecule has 1 saturated heterocycles. The van der Waals surface area contributed by atoms with Gasteiger partial charge in [-0.2, -0.15) is 4.98 Å². The predicted octanol–water partition coefficient (Wildman–Crippen LogP) is 2.33. The van der Waals surface area contributed by atoms with Crippen LogP contribution in [-0.2, 0) is 9.59 Å². The Morgan fingerprint density at radius 2 is 1.88 bits per heavy atom. The van der Waals surface area contributed by atoms with Gasteiger partial charge in [-0.25, -0.2) is 0 Å². The maximum Gasteiger partial charge on any atom is 0.258 e. The first-order chi connectivity index (χ1) is 15.8. The largest absolute Gasteiger partial charge is 0.497 e. The first kappa shape index (κ1) is 22.6. The minimum absolute atomic E-state index is 0.137. The highest BCUT2D eigenvalue weighted by Gasteiger charge is 2.36. The zero-order valence-electron chi connectivity index (χ0n) is 19.2. The molecular formula is C23H29N5O5. The number of methoxy groups -OCH3 is 2. The van der Waals surface area contributed by atoms with Gasteiger partial charge in [0.1, 0.15) is 17.3 Å². The standard InChI is InChI=1S/C23H29N5O5/c1-12-7-13(2)11-28(10-12)23-26-20-19(22(31)27-23)15(9-18(29)25-20)21(30)24-16-6-5-14(32-3)8-17(16)33-4/h5-6,8,12-13,15H,7,9-11H2,1-4H3,(H,24,30)(H2,25,26,27,29,31). The molecule has 3 N–H and O–H groups in total. The number of nitrogens with zero attached hydrogens (tertiary/aromatic N) is 2. The molecule has 2 aliphatic rings. The van der Waals surface area contributed by atoms with Crippen LogP contribution in [-0.4, -0.2) is 49.1 Å². The maximum absolute atomic E-state index is 13.2. The van der Waals surface area contributed by atoms with E-state index in [9.17, 15) is 14.4 Å². The van der Waals surface area contributed by atoms with Crippen molar-refractivity contribution in [3.8, 4) is 11.5 Å². The molecule has 0 saturated carbocycles. The van der Waals surface area contributed by atoms with E-state index in [-0.39, 0.29) is 23.7 Å². The third-order valence-corrected chi connectivity index (χ3v) is 6.09. The van der Waals surface area contributed by atoms with E-state index in [2.05, 4.69) is 34.4 Å². The number of rotatable bonds is 5. The summed E-state index contributed by atoms with van der Waals surface area (Å²) in [5, 5.41) is 5.44. The van der Waals surface area contributed by atoms with Gasteiger partial charge in [0, 0.05) is 25.6 Å². The van der Waals surface area contributed by atoms with Gasteiger partial charge >= 0.3 is 0 Å². The van der Waals surface area contributed by atoms with Crippen molar-refractivity contribution in [3.63, 3.8) is 0 Å². The fraction of sp³-hybridized carbons (Fsp3) is 0.478. The molecule has 10 nitrogen and oxygen atoms in total. The second-order valence-electron chi connectivity index (χ2n) is 8.86. The number of aromatic amines is 1. The molecule has 0 bridgehead atoms. The van der Waals surface area contributed by atoms with Crippen LogP contribution in [0.4, 0.5) is 17.5 Å². The van der Waals surface area contributed by atoms with E-state index in [1.165, 1.54) is 14.2 Å². The van der Waals surface area contributed by atoms with Crippen LogP contribution in [0.3, 0.4) is 0 Å². The van der Waals surface area contributed by atoms with E-state index in [4.69, 9.17) is 9.47 Å². The van der Waals surface area contributed by atoms with Gasteiger partial charge in [0.15, 0.2) is 0 Å². The van der Waals surface area contributed by atoms with Crippen LogP contribution in [0.5, 0.6) is 11.5 Å². The van der Waals surface area contributed by atoms with E-state index in [1.54, 1.807) is 18.2 Å². The Labute approximate surface area is 191 Å². The first-order valence-electron chi connectivity index (χ1n) is 11.0. The second kappa shape index (κ2) is 9.13. The van der Waals surface area contributed by atoms with Crippen LogP contribution in [0.15, 0.2) is 23.0 Å². The molecule has 176 valence electrons. The lowest BCUT2D eigenvalue weighted by atomic mass is 9.91. The van der Waals surface area contributed by atoms with E-state index in [0.717, 1.165) is 19.5 Å². The maximum atomic E-state index is 13.2. The summed E-state index contributed by atoms with van der Waals surface area (Å²) in [4.78, 5) is 48.0. The number of ether oxygens (including phenoxy) is 2. The average Bonchev–Trinajstić information content (AvgIpc) is 2.77. The molecule has 1 fully saturated rings. The van der Waals surface area contributed by atoms with Gasteiger partial charge in [-0.3, -0.25) is 19.4 Å². The predicted molar refractivity (Wildman–Crippen MR) is 124 cm³/mol. The van der Waals surface area contributed by atoms with Crippen LogP contribution in [0, 0.1) is 11.8 Å². The average molecular weight is 456 g/mol. The molecule has 0 radical (unpaired) electrons.